The molecule has 1 aromatic carbocycles. The second kappa shape index (κ2) is 7.13. The molecule has 0 saturated carbocycles. The zero-order valence-corrected chi connectivity index (χ0v) is 12.5. The van der Waals surface area contributed by atoms with Crippen molar-refractivity contribution in [2.75, 3.05) is 38.3 Å². The quantitative estimate of drug-likeness (QED) is 0.868. The molecule has 1 aromatic rings. The van der Waals surface area contributed by atoms with E-state index < -0.39 is 0 Å². The lowest BCUT2D eigenvalue weighted by Crippen LogP contribution is -2.24. The Balaban J connectivity index is 2.13. The minimum atomic E-state index is 0.635. The standard InChI is InChI=1S/C15H23ClN2O/c1-3-17-9-13-14(16)5-4-6-15(13)18-8-7-12(10-18)11-19-2/h4-6,12,17H,3,7-11H2,1-2H3. The van der Waals surface area contributed by atoms with Crippen molar-refractivity contribution in [2.24, 2.45) is 5.92 Å². The van der Waals surface area contributed by atoms with Gasteiger partial charge in [0.15, 0.2) is 0 Å². The first-order chi connectivity index (χ1) is 9.26. The third-order valence-electron chi connectivity index (χ3n) is 3.67. The first kappa shape index (κ1) is 14.6. The number of benzene rings is 1. The van der Waals surface area contributed by atoms with Crippen molar-refractivity contribution in [2.45, 2.75) is 19.9 Å². The minimum absolute atomic E-state index is 0.635. The molecular formula is C15H23ClN2O. The van der Waals surface area contributed by atoms with Gasteiger partial charge in [-0.15, -0.1) is 0 Å². The van der Waals surface area contributed by atoms with E-state index in [4.69, 9.17) is 16.3 Å². The van der Waals surface area contributed by atoms with E-state index >= 15 is 0 Å². The first-order valence-electron chi connectivity index (χ1n) is 6.98. The molecule has 0 spiro atoms. The average molecular weight is 283 g/mol. The molecule has 0 bridgehead atoms. The molecule has 1 N–H and O–H groups in total. The number of ether oxygens (including phenoxy) is 1. The Labute approximate surface area is 120 Å². The Morgan fingerprint density at radius 3 is 3.05 bits per heavy atom. The Morgan fingerprint density at radius 2 is 2.32 bits per heavy atom. The lowest BCUT2D eigenvalue weighted by Gasteiger charge is -2.23. The van der Waals surface area contributed by atoms with Crippen molar-refractivity contribution in [3.8, 4) is 0 Å². The SMILES string of the molecule is CCNCc1c(Cl)cccc1N1CCC(COC)C1. The van der Waals surface area contributed by atoms with Gasteiger partial charge in [-0.2, -0.15) is 0 Å². The predicted octanol–water partition coefficient (Wildman–Crippen LogP) is 2.92. The summed E-state index contributed by atoms with van der Waals surface area (Å²) >= 11 is 6.35. The van der Waals surface area contributed by atoms with E-state index in [9.17, 15) is 0 Å². The summed E-state index contributed by atoms with van der Waals surface area (Å²) in [4.78, 5) is 2.43. The van der Waals surface area contributed by atoms with Gasteiger partial charge in [0.05, 0.1) is 6.61 Å². The summed E-state index contributed by atoms with van der Waals surface area (Å²) in [7, 11) is 1.78. The number of methoxy groups -OCH3 is 1. The summed E-state index contributed by atoms with van der Waals surface area (Å²) in [6.45, 7) is 6.90. The number of hydrogen-bond donors (Lipinski definition) is 1. The van der Waals surface area contributed by atoms with Crippen LogP contribution in [-0.2, 0) is 11.3 Å². The maximum Gasteiger partial charge on any atom is 0.0508 e. The van der Waals surface area contributed by atoms with E-state index in [1.54, 1.807) is 7.11 Å². The zero-order valence-electron chi connectivity index (χ0n) is 11.8. The van der Waals surface area contributed by atoms with Gasteiger partial charge in [0, 0.05) is 48.9 Å². The molecule has 1 aliphatic rings. The molecule has 3 nitrogen and oxygen atoms in total. The average Bonchev–Trinajstić information content (AvgIpc) is 2.86. The highest BCUT2D eigenvalue weighted by atomic mass is 35.5. The van der Waals surface area contributed by atoms with E-state index in [2.05, 4.69) is 23.2 Å². The van der Waals surface area contributed by atoms with Gasteiger partial charge in [0.2, 0.25) is 0 Å². The summed E-state index contributed by atoms with van der Waals surface area (Å²) < 4.78 is 5.26. The van der Waals surface area contributed by atoms with Crippen molar-refractivity contribution in [1.29, 1.82) is 0 Å². The maximum atomic E-state index is 6.35. The molecule has 1 aliphatic heterocycles. The number of anilines is 1. The molecule has 106 valence electrons. The van der Waals surface area contributed by atoms with Gasteiger partial charge in [0.1, 0.15) is 0 Å². The summed E-state index contributed by atoms with van der Waals surface area (Å²) in [6.07, 6.45) is 1.20. The Hall–Kier alpha value is -0.770. The van der Waals surface area contributed by atoms with Crippen molar-refractivity contribution in [3.05, 3.63) is 28.8 Å². The predicted molar refractivity (Wildman–Crippen MR) is 81.0 cm³/mol. The molecule has 1 atom stereocenters. The van der Waals surface area contributed by atoms with Crippen LogP contribution in [0.3, 0.4) is 0 Å². The second-order valence-electron chi connectivity index (χ2n) is 5.07. The van der Waals surface area contributed by atoms with E-state index in [1.807, 2.05) is 12.1 Å². The third-order valence-corrected chi connectivity index (χ3v) is 4.03. The number of halogens is 1. The van der Waals surface area contributed by atoms with Crippen LogP contribution in [0.25, 0.3) is 0 Å². The third kappa shape index (κ3) is 3.62. The molecule has 0 amide bonds. The summed E-state index contributed by atoms with van der Waals surface area (Å²) in [5, 5.41) is 4.23. The monoisotopic (exact) mass is 282 g/mol. The molecule has 2 rings (SSSR count). The van der Waals surface area contributed by atoms with Crippen molar-refractivity contribution >= 4 is 17.3 Å². The highest BCUT2D eigenvalue weighted by molar-refractivity contribution is 6.31. The van der Waals surface area contributed by atoms with Crippen LogP contribution in [0.4, 0.5) is 5.69 Å². The van der Waals surface area contributed by atoms with Gasteiger partial charge in [-0.25, -0.2) is 0 Å². The Bertz CT molecular complexity index is 411. The van der Waals surface area contributed by atoms with Crippen LogP contribution in [0.15, 0.2) is 18.2 Å². The molecular weight excluding hydrogens is 260 g/mol. The fourth-order valence-corrected chi connectivity index (χ4v) is 2.93. The minimum Gasteiger partial charge on any atom is -0.384 e. The topological polar surface area (TPSA) is 24.5 Å². The highest BCUT2D eigenvalue weighted by Crippen LogP contribution is 2.31. The molecule has 4 heteroatoms. The van der Waals surface area contributed by atoms with Crippen molar-refractivity contribution in [3.63, 3.8) is 0 Å². The van der Waals surface area contributed by atoms with Crippen LogP contribution in [0.5, 0.6) is 0 Å². The van der Waals surface area contributed by atoms with Crippen LogP contribution in [-0.4, -0.2) is 33.4 Å². The maximum absolute atomic E-state index is 6.35. The summed E-state index contributed by atoms with van der Waals surface area (Å²) in [6, 6.07) is 6.19. The molecule has 19 heavy (non-hydrogen) atoms. The number of rotatable bonds is 6. The van der Waals surface area contributed by atoms with Gasteiger partial charge < -0.3 is 15.0 Å². The summed E-state index contributed by atoms with van der Waals surface area (Å²) in [5.41, 5.74) is 2.48. The lowest BCUT2D eigenvalue weighted by molar-refractivity contribution is 0.161. The van der Waals surface area contributed by atoms with Gasteiger partial charge >= 0.3 is 0 Å². The van der Waals surface area contributed by atoms with Crippen molar-refractivity contribution in [1.82, 2.24) is 5.32 Å². The van der Waals surface area contributed by atoms with Gasteiger partial charge in [-0.05, 0) is 25.1 Å². The van der Waals surface area contributed by atoms with Crippen LogP contribution < -0.4 is 10.2 Å². The highest BCUT2D eigenvalue weighted by Gasteiger charge is 2.24. The molecule has 1 fully saturated rings. The number of nitrogens with zero attached hydrogens (tertiary/aromatic N) is 1. The Morgan fingerprint density at radius 1 is 1.47 bits per heavy atom. The van der Waals surface area contributed by atoms with Crippen molar-refractivity contribution < 1.29 is 4.74 Å². The van der Waals surface area contributed by atoms with Gasteiger partial charge in [0.25, 0.3) is 0 Å². The molecule has 0 radical (unpaired) electrons. The van der Waals surface area contributed by atoms with E-state index in [1.165, 1.54) is 17.7 Å². The van der Waals surface area contributed by atoms with E-state index in [0.717, 1.165) is 37.8 Å². The van der Waals surface area contributed by atoms with Gasteiger partial charge in [-0.3, -0.25) is 0 Å². The normalized spacial score (nSPS) is 19.1. The van der Waals surface area contributed by atoms with Gasteiger partial charge in [-0.1, -0.05) is 24.6 Å². The molecule has 0 aromatic heterocycles. The smallest absolute Gasteiger partial charge is 0.0508 e. The second-order valence-corrected chi connectivity index (χ2v) is 5.48. The lowest BCUT2D eigenvalue weighted by atomic mass is 10.1. The largest absolute Gasteiger partial charge is 0.384 e. The Kier molecular flexibility index (Phi) is 5.49. The first-order valence-corrected chi connectivity index (χ1v) is 7.36. The molecule has 1 unspecified atom stereocenters. The summed E-state index contributed by atoms with van der Waals surface area (Å²) in [5.74, 6) is 0.635. The molecule has 0 aliphatic carbocycles. The van der Waals surface area contributed by atoms with Crippen LogP contribution in [0, 0.1) is 5.92 Å². The van der Waals surface area contributed by atoms with Crippen LogP contribution >= 0.6 is 11.6 Å². The van der Waals surface area contributed by atoms with Crippen LogP contribution in [0.1, 0.15) is 18.9 Å². The number of hydrogen-bond acceptors (Lipinski definition) is 3. The van der Waals surface area contributed by atoms with E-state index in [-0.39, 0.29) is 0 Å². The van der Waals surface area contributed by atoms with Crippen LogP contribution in [0.2, 0.25) is 5.02 Å². The number of nitrogens with one attached hydrogen (secondary N) is 1. The molecule has 1 heterocycles. The fraction of sp³-hybridized carbons (Fsp3) is 0.600. The fourth-order valence-electron chi connectivity index (χ4n) is 2.69. The van der Waals surface area contributed by atoms with E-state index in [0.29, 0.717) is 5.92 Å². The molecule has 1 saturated heterocycles. The zero-order chi connectivity index (χ0) is 13.7.